The van der Waals surface area contributed by atoms with Gasteiger partial charge < -0.3 is 0 Å². The molecule has 0 aliphatic rings. The predicted molar refractivity (Wildman–Crippen MR) is 78.6 cm³/mol. The minimum atomic E-state index is 0. The number of hydrogen-bond acceptors (Lipinski definition) is 0. The Morgan fingerprint density at radius 2 is 0.429 bits per heavy atom. The Morgan fingerprint density at radius 1 is 0.429 bits per heavy atom. The van der Waals surface area contributed by atoms with Crippen molar-refractivity contribution >= 4 is 44.0 Å². The van der Waals surface area contributed by atoms with Crippen LogP contribution in [0.2, 0.25) is 58.9 Å². The molecule has 0 fully saturated rings. The molecular formula is C9H29GeKSi3+. The summed E-state index contributed by atoms with van der Waals surface area (Å²) < 4.78 is 0. The summed E-state index contributed by atoms with van der Waals surface area (Å²) in [5.74, 6) is 0. The van der Waals surface area contributed by atoms with E-state index in [0.29, 0.717) is 0 Å². The monoisotopic (exact) mass is 334 g/mol. The van der Waals surface area contributed by atoms with Crippen molar-refractivity contribution in [3.8, 4) is 0 Å². The van der Waals surface area contributed by atoms with Crippen molar-refractivity contribution in [2.45, 2.75) is 58.9 Å². The first-order chi connectivity index (χ1) is 5.20. The van der Waals surface area contributed by atoms with Crippen molar-refractivity contribution in [3.05, 3.63) is 0 Å². The van der Waals surface area contributed by atoms with Gasteiger partial charge >= 0.3 is 69.0 Å². The average molecular weight is 333 g/mol. The summed E-state index contributed by atoms with van der Waals surface area (Å²) in [6, 6.07) is 0. The second kappa shape index (κ2) is 24.9. The molecule has 0 amide bonds. The standard InChI is InChI=1S/3C3H9Si.GeH2.K/c3*1-4(2)3;;/h3*1-3H3;1H2;/q;;;;+1. The molecule has 0 atom stereocenters. The first-order valence-corrected chi connectivity index (χ1v) is 13.5. The van der Waals surface area contributed by atoms with Crippen LogP contribution < -0.4 is 51.4 Å². The van der Waals surface area contributed by atoms with Gasteiger partial charge in [-0.3, -0.25) is 0 Å². The van der Waals surface area contributed by atoms with E-state index in [1.807, 2.05) is 0 Å². The van der Waals surface area contributed by atoms with Crippen LogP contribution in [0, 0.1) is 0 Å². The van der Waals surface area contributed by atoms with Crippen LogP contribution >= 0.6 is 0 Å². The van der Waals surface area contributed by atoms with Gasteiger partial charge in [-0.2, -0.15) is 0 Å². The average Bonchev–Trinajstić information content (AvgIpc) is 1.54. The first-order valence-electron chi connectivity index (χ1n) is 4.50. The SMILES string of the molecule is C[Si](C)C.C[Si](C)C.C[Si](C)C.[GeH2].[K+]. The molecule has 0 nitrogen and oxygen atoms in total. The van der Waals surface area contributed by atoms with Gasteiger partial charge in [-0.25, -0.2) is 0 Å². The molecule has 0 unspecified atom stereocenters. The molecule has 0 aromatic carbocycles. The van der Waals surface area contributed by atoms with Crippen molar-refractivity contribution in [1.82, 2.24) is 0 Å². The molecule has 0 saturated carbocycles. The predicted octanol–water partition coefficient (Wildman–Crippen LogP) is 0.200. The molecule has 0 aliphatic carbocycles. The fourth-order valence-corrected chi connectivity index (χ4v) is 0. The molecule has 0 saturated heterocycles. The van der Waals surface area contributed by atoms with Crippen molar-refractivity contribution in [3.63, 3.8) is 0 Å². The maximum absolute atomic E-state index is 2.27. The zero-order chi connectivity index (χ0) is 10.7. The maximum atomic E-state index is 2.27. The van der Waals surface area contributed by atoms with Gasteiger partial charge in [-0.05, 0) is 0 Å². The third-order valence-corrected chi connectivity index (χ3v) is 0. The summed E-state index contributed by atoms with van der Waals surface area (Å²) in [6.45, 7) is 20.4. The van der Waals surface area contributed by atoms with Crippen LogP contribution in [0.15, 0.2) is 0 Å². The van der Waals surface area contributed by atoms with Crippen molar-refractivity contribution in [2.24, 2.45) is 0 Å². The molecule has 0 rings (SSSR count). The third-order valence-electron chi connectivity index (χ3n) is 0. The van der Waals surface area contributed by atoms with E-state index in [0.717, 1.165) is 0 Å². The van der Waals surface area contributed by atoms with Crippen LogP contribution in [0.4, 0.5) is 0 Å². The Bertz CT molecular complexity index is 48.5. The zero-order valence-electron chi connectivity index (χ0n) is 12.2. The van der Waals surface area contributed by atoms with Crippen LogP contribution in [0.3, 0.4) is 0 Å². The summed E-state index contributed by atoms with van der Waals surface area (Å²) in [4.78, 5) is 0. The Balaban J connectivity index is -0.0000000270. The van der Waals surface area contributed by atoms with E-state index in [2.05, 4.69) is 58.9 Å². The maximum Gasteiger partial charge on any atom is 1.00 e. The van der Waals surface area contributed by atoms with Gasteiger partial charge in [-0.15, -0.1) is 0 Å². The summed E-state index contributed by atoms with van der Waals surface area (Å²) in [6.07, 6.45) is 0. The van der Waals surface area contributed by atoms with E-state index >= 15 is 0 Å². The molecule has 0 aromatic rings. The van der Waals surface area contributed by atoms with Gasteiger partial charge in [0.2, 0.25) is 0 Å². The molecule has 0 aromatic heterocycles. The van der Waals surface area contributed by atoms with E-state index < -0.39 is 0 Å². The number of rotatable bonds is 0. The fraction of sp³-hybridized carbons (Fsp3) is 1.00. The molecular weight excluding hydrogens is 304 g/mol. The molecule has 0 bridgehead atoms. The summed E-state index contributed by atoms with van der Waals surface area (Å²) in [5, 5.41) is 0. The molecule has 0 aliphatic heterocycles. The van der Waals surface area contributed by atoms with Crippen LogP contribution in [0.5, 0.6) is 0 Å². The molecule has 14 heavy (non-hydrogen) atoms. The van der Waals surface area contributed by atoms with E-state index in [4.69, 9.17) is 0 Å². The van der Waals surface area contributed by atoms with E-state index in [-0.39, 0.29) is 95.4 Å². The van der Waals surface area contributed by atoms with Crippen molar-refractivity contribution in [1.29, 1.82) is 0 Å². The summed E-state index contributed by atoms with van der Waals surface area (Å²) in [5.41, 5.74) is 0. The van der Waals surface area contributed by atoms with Gasteiger partial charge in [0.05, 0.1) is 0 Å². The second-order valence-electron chi connectivity index (χ2n) is 4.50. The smallest absolute Gasteiger partial charge is 1.00 e. The quantitative estimate of drug-likeness (QED) is 0.556. The Morgan fingerprint density at radius 3 is 0.429 bits per heavy atom. The van der Waals surface area contributed by atoms with Gasteiger partial charge in [0.15, 0.2) is 0 Å². The topological polar surface area (TPSA) is 0 Å². The fourth-order valence-electron chi connectivity index (χ4n) is 0. The molecule has 81 valence electrons. The van der Waals surface area contributed by atoms with E-state index in [9.17, 15) is 0 Å². The van der Waals surface area contributed by atoms with Gasteiger partial charge in [0.25, 0.3) is 0 Å². The molecule has 5 radical (unpaired) electrons. The third kappa shape index (κ3) is 354. The van der Waals surface area contributed by atoms with Crippen molar-refractivity contribution < 1.29 is 51.4 Å². The minimum Gasteiger partial charge on any atom is 1.00 e. The Kier molecular flexibility index (Phi) is 53.5. The van der Waals surface area contributed by atoms with Crippen molar-refractivity contribution in [2.75, 3.05) is 0 Å². The number of hydrogen-bond donors (Lipinski definition) is 0. The zero-order valence-corrected chi connectivity index (χ0v) is 21.3. The van der Waals surface area contributed by atoms with Gasteiger partial charge in [0, 0.05) is 26.4 Å². The first kappa shape index (κ1) is 30.1. The molecule has 5 heteroatoms. The van der Waals surface area contributed by atoms with Gasteiger partial charge in [0.1, 0.15) is 0 Å². The van der Waals surface area contributed by atoms with Crippen LogP contribution in [-0.2, 0) is 0 Å². The Hall–Kier alpha value is 2.83. The summed E-state index contributed by atoms with van der Waals surface area (Å²) >= 11 is 0. The summed E-state index contributed by atoms with van der Waals surface area (Å²) in [7, 11) is 0.361. The van der Waals surface area contributed by atoms with Crippen LogP contribution in [0.25, 0.3) is 0 Å². The Labute approximate surface area is 152 Å². The van der Waals surface area contributed by atoms with Gasteiger partial charge in [-0.1, -0.05) is 58.9 Å². The second-order valence-corrected chi connectivity index (χ2v) is 13.5. The molecule has 0 spiro atoms. The van der Waals surface area contributed by atoms with Crippen LogP contribution in [-0.4, -0.2) is 44.0 Å². The molecule has 0 heterocycles. The minimum absolute atomic E-state index is 0. The van der Waals surface area contributed by atoms with E-state index in [1.54, 1.807) is 0 Å². The van der Waals surface area contributed by atoms with Crippen LogP contribution in [0.1, 0.15) is 0 Å². The molecule has 0 N–H and O–H groups in total. The normalized spacial score (nSPS) is 7.71. The van der Waals surface area contributed by atoms with E-state index in [1.165, 1.54) is 0 Å². The largest absolute Gasteiger partial charge is 1.00 e.